The third-order valence-electron chi connectivity index (χ3n) is 3.56. The lowest BCUT2D eigenvalue weighted by Crippen LogP contribution is -2.36. The number of carboxylic acid groups (broad SMARTS) is 1. The van der Waals surface area contributed by atoms with Gasteiger partial charge < -0.3 is 35.1 Å². The first-order valence-corrected chi connectivity index (χ1v) is 8.51. The Morgan fingerprint density at radius 3 is 1.76 bits per heavy atom. The molecular weight excluding hydrogens is 396 g/mol. The van der Waals surface area contributed by atoms with Crippen molar-refractivity contribution >= 4 is 36.1 Å². The first-order valence-electron chi connectivity index (χ1n) is 8.51. The number of rotatable bonds is 10. The Hall–Kier alpha value is -3.22. The second-order valence-corrected chi connectivity index (χ2v) is 5.83. The van der Waals surface area contributed by atoms with Crippen molar-refractivity contribution in [2.75, 3.05) is 19.7 Å². The maximum Gasteiger partial charge on any atom is 0.414 e. The molecule has 164 valence electrons. The van der Waals surface area contributed by atoms with Crippen LogP contribution in [0, 0.1) is 11.8 Å². The van der Waals surface area contributed by atoms with Crippen molar-refractivity contribution in [1.82, 2.24) is 10.6 Å². The van der Waals surface area contributed by atoms with Gasteiger partial charge in [-0.2, -0.15) is 0 Å². The van der Waals surface area contributed by atoms with Gasteiger partial charge in [-0.05, 0) is 13.3 Å². The normalized spacial score (nSPS) is 13.2. The summed E-state index contributed by atoms with van der Waals surface area (Å²) in [6, 6.07) is 0. The molecule has 4 N–H and O–H groups in total. The molecular formula is C16H24N2O11. The number of aliphatic carboxylic acids is 1. The van der Waals surface area contributed by atoms with Crippen molar-refractivity contribution < 1.29 is 53.2 Å². The zero-order chi connectivity index (χ0) is 22.6. The Morgan fingerprint density at radius 2 is 1.31 bits per heavy atom. The van der Waals surface area contributed by atoms with E-state index in [4.69, 9.17) is 10.2 Å². The summed E-state index contributed by atoms with van der Waals surface area (Å²) < 4.78 is 13.3. The van der Waals surface area contributed by atoms with Gasteiger partial charge in [-0.3, -0.25) is 9.59 Å². The average molecular weight is 420 g/mol. The highest BCUT2D eigenvalue weighted by Gasteiger charge is 2.28. The first-order chi connectivity index (χ1) is 13.5. The van der Waals surface area contributed by atoms with Crippen molar-refractivity contribution in [3.63, 3.8) is 0 Å². The highest BCUT2D eigenvalue weighted by atomic mass is 16.6. The van der Waals surface area contributed by atoms with Gasteiger partial charge in [0.2, 0.25) is 0 Å². The molecule has 13 heteroatoms. The first kappa shape index (κ1) is 25.8. The van der Waals surface area contributed by atoms with E-state index in [-0.39, 0.29) is 19.5 Å². The van der Waals surface area contributed by atoms with Crippen LogP contribution in [0.25, 0.3) is 0 Å². The lowest BCUT2D eigenvalue weighted by Gasteiger charge is -2.14. The monoisotopic (exact) mass is 420 g/mol. The molecule has 0 bridgehead atoms. The Balaban J connectivity index is 4.03. The summed E-state index contributed by atoms with van der Waals surface area (Å²) >= 11 is 0. The summed E-state index contributed by atoms with van der Waals surface area (Å²) in [5, 5.41) is 21.7. The van der Waals surface area contributed by atoms with Crippen LogP contribution < -0.4 is 10.6 Å². The van der Waals surface area contributed by atoms with E-state index in [0.29, 0.717) is 0 Å². The summed E-state index contributed by atoms with van der Waals surface area (Å²) in [6.45, 7) is 2.82. The maximum atomic E-state index is 11.6. The predicted molar refractivity (Wildman–Crippen MR) is 92.2 cm³/mol. The highest BCUT2D eigenvalue weighted by Crippen LogP contribution is 2.12. The highest BCUT2D eigenvalue weighted by molar-refractivity contribution is 5.89. The molecule has 0 aliphatic rings. The van der Waals surface area contributed by atoms with Crippen LogP contribution >= 0.6 is 0 Å². The molecule has 0 saturated carbocycles. The van der Waals surface area contributed by atoms with Crippen LogP contribution in [0.15, 0.2) is 0 Å². The van der Waals surface area contributed by atoms with Crippen LogP contribution in [0.5, 0.6) is 0 Å². The van der Waals surface area contributed by atoms with Crippen molar-refractivity contribution in [2.45, 2.75) is 33.3 Å². The van der Waals surface area contributed by atoms with E-state index < -0.39 is 60.6 Å². The molecule has 0 saturated heterocycles. The van der Waals surface area contributed by atoms with Crippen molar-refractivity contribution in [3.8, 4) is 0 Å². The minimum atomic E-state index is -1.39. The molecule has 0 radical (unpaired) electrons. The summed E-state index contributed by atoms with van der Waals surface area (Å²) in [7, 11) is 0. The number of amides is 2. The molecule has 29 heavy (non-hydrogen) atoms. The van der Waals surface area contributed by atoms with Gasteiger partial charge >= 0.3 is 36.1 Å². The maximum absolute atomic E-state index is 11.6. The largest absolute Gasteiger partial charge is 0.481 e. The van der Waals surface area contributed by atoms with Gasteiger partial charge in [-0.15, -0.1) is 0 Å². The fourth-order valence-corrected chi connectivity index (χ4v) is 1.60. The molecule has 2 amide bonds. The van der Waals surface area contributed by atoms with E-state index in [0.717, 1.165) is 6.92 Å². The molecule has 0 rings (SSSR count). The molecule has 0 aromatic carbocycles. The number of hydrogen-bond acceptors (Lipinski definition) is 10. The van der Waals surface area contributed by atoms with Crippen LogP contribution in [0.3, 0.4) is 0 Å². The Bertz CT molecular complexity index is 634. The van der Waals surface area contributed by atoms with Crippen LogP contribution in [-0.2, 0) is 33.4 Å². The number of carboxylic acids is 1. The van der Waals surface area contributed by atoms with E-state index in [1.54, 1.807) is 0 Å². The molecule has 3 unspecified atom stereocenters. The van der Waals surface area contributed by atoms with Gasteiger partial charge in [0.1, 0.15) is 6.61 Å². The van der Waals surface area contributed by atoms with Crippen molar-refractivity contribution in [2.24, 2.45) is 11.8 Å². The number of hydrogen-bond donors (Lipinski definition) is 4. The number of carbonyl (C=O) groups excluding carboxylic acids is 5. The third-order valence-corrected chi connectivity index (χ3v) is 3.56. The van der Waals surface area contributed by atoms with E-state index in [1.165, 1.54) is 13.8 Å². The third kappa shape index (κ3) is 10.6. The van der Waals surface area contributed by atoms with Crippen LogP contribution in [0.4, 0.5) is 9.59 Å². The molecule has 0 spiro atoms. The van der Waals surface area contributed by atoms with Gasteiger partial charge in [0.15, 0.2) is 6.10 Å². The molecule has 0 heterocycles. The Morgan fingerprint density at radius 1 is 0.828 bits per heavy atom. The molecule has 0 aromatic heterocycles. The quantitative estimate of drug-likeness (QED) is 0.149. The smallest absolute Gasteiger partial charge is 0.414 e. The lowest BCUT2D eigenvalue weighted by atomic mass is 9.96. The summed E-state index contributed by atoms with van der Waals surface area (Å²) in [5.74, 6) is -6.44. The van der Waals surface area contributed by atoms with Gasteiger partial charge in [0.25, 0.3) is 0 Å². The van der Waals surface area contributed by atoms with Crippen LogP contribution in [0.2, 0.25) is 0 Å². The lowest BCUT2D eigenvalue weighted by molar-refractivity contribution is -0.164. The SMILES string of the molecule is CC(OC(=O)CO)C(=O)OC(=O)NCCCNC(=O)OC(=O)C(C)C(C)C(=O)O. The minimum Gasteiger partial charge on any atom is -0.481 e. The summed E-state index contributed by atoms with van der Waals surface area (Å²) in [6.07, 6.45) is -3.39. The van der Waals surface area contributed by atoms with Gasteiger partial charge in [-0.25, -0.2) is 19.2 Å². The molecule has 0 aliphatic heterocycles. The standard InChI is InChI=1S/C16H24N2O11/c1-8(12(21)22)9(2)13(23)28-15(25)17-5-4-6-18-16(26)29-14(24)10(3)27-11(20)7-19/h8-10,19H,4-7H2,1-3H3,(H,17,25)(H,18,26)(H,21,22). The predicted octanol–water partition coefficient (Wildman–Crippen LogP) is -0.837. The topological polar surface area (TPSA) is 195 Å². The van der Waals surface area contributed by atoms with E-state index in [1.807, 2.05) is 0 Å². The number of alkyl carbamates (subject to hydrolysis) is 2. The number of ether oxygens (including phenoxy) is 3. The number of esters is 3. The average Bonchev–Trinajstić information content (AvgIpc) is 2.65. The van der Waals surface area contributed by atoms with E-state index in [2.05, 4.69) is 24.8 Å². The second-order valence-electron chi connectivity index (χ2n) is 5.83. The van der Waals surface area contributed by atoms with Gasteiger partial charge in [-0.1, -0.05) is 13.8 Å². The van der Waals surface area contributed by atoms with E-state index in [9.17, 15) is 28.8 Å². The Labute approximate surface area is 165 Å². The number of carbonyl (C=O) groups is 6. The van der Waals surface area contributed by atoms with Crippen molar-refractivity contribution in [3.05, 3.63) is 0 Å². The van der Waals surface area contributed by atoms with Crippen LogP contribution in [-0.4, -0.2) is 72.1 Å². The number of aliphatic hydroxyl groups excluding tert-OH is 1. The fourth-order valence-electron chi connectivity index (χ4n) is 1.60. The number of aliphatic hydroxyl groups is 1. The van der Waals surface area contributed by atoms with Crippen molar-refractivity contribution in [1.29, 1.82) is 0 Å². The molecule has 3 atom stereocenters. The van der Waals surface area contributed by atoms with Gasteiger partial charge in [0, 0.05) is 13.1 Å². The van der Waals surface area contributed by atoms with E-state index >= 15 is 0 Å². The fraction of sp³-hybridized carbons (Fsp3) is 0.625. The molecule has 0 fully saturated rings. The molecule has 0 aromatic rings. The van der Waals surface area contributed by atoms with Crippen LogP contribution in [0.1, 0.15) is 27.2 Å². The second kappa shape index (κ2) is 13.0. The molecule has 0 aliphatic carbocycles. The van der Waals surface area contributed by atoms with Gasteiger partial charge in [0.05, 0.1) is 11.8 Å². The zero-order valence-corrected chi connectivity index (χ0v) is 16.1. The number of nitrogens with one attached hydrogen (secondary N) is 2. The summed E-state index contributed by atoms with van der Waals surface area (Å²) in [5.41, 5.74) is 0. The summed E-state index contributed by atoms with van der Waals surface area (Å²) in [4.78, 5) is 67.5. The minimum absolute atomic E-state index is 0.00623. The molecule has 13 nitrogen and oxygen atoms in total. The zero-order valence-electron chi connectivity index (χ0n) is 16.1. The Kier molecular flexibility index (Phi) is 11.6.